The Morgan fingerprint density at radius 2 is 1.56 bits per heavy atom. The maximum Gasteiger partial charge on any atom is 0.343 e. The summed E-state index contributed by atoms with van der Waals surface area (Å²) < 4.78 is 10.7. The highest BCUT2D eigenvalue weighted by Crippen LogP contribution is 2.25. The first-order valence-electron chi connectivity index (χ1n) is 10.00. The summed E-state index contributed by atoms with van der Waals surface area (Å²) in [4.78, 5) is 36.1. The molecule has 0 aromatic heterocycles. The molecule has 3 aromatic rings. The van der Waals surface area contributed by atoms with E-state index >= 15 is 0 Å². The Labute approximate surface area is 205 Å². The lowest BCUT2D eigenvalue weighted by molar-refractivity contribution is -0.136. The average molecular weight is 500 g/mol. The van der Waals surface area contributed by atoms with Crippen molar-refractivity contribution in [3.8, 4) is 11.5 Å². The highest BCUT2D eigenvalue weighted by Gasteiger charge is 2.13. The Kier molecular flexibility index (Phi) is 8.61. The van der Waals surface area contributed by atoms with Crippen molar-refractivity contribution in [3.05, 3.63) is 87.9 Å². The van der Waals surface area contributed by atoms with E-state index in [1.54, 1.807) is 48.5 Å². The second-order valence-electron chi connectivity index (χ2n) is 6.70. The zero-order valence-electron chi connectivity index (χ0n) is 17.9. The number of hydrogen-bond donors (Lipinski definition) is 2. The molecule has 0 radical (unpaired) electrons. The van der Waals surface area contributed by atoms with E-state index in [2.05, 4.69) is 15.8 Å². The third-order valence-electron chi connectivity index (χ3n) is 4.26. The Hall–Kier alpha value is -3.88. The van der Waals surface area contributed by atoms with Crippen LogP contribution in [0.2, 0.25) is 10.0 Å². The molecule has 3 aromatic carbocycles. The molecule has 10 heteroatoms. The molecule has 0 aliphatic carbocycles. The molecule has 0 atom stereocenters. The molecular weight excluding hydrogens is 481 g/mol. The number of rotatable bonds is 7. The molecule has 0 bridgehead atoms. The summed E-state index contributed by atoms with van der Waals surface area (Å²) in [7, 11) is 0. The van der Waals surface area contributed by atoms with E-state index in [9.17, 15) is 14.4 Å². The summed E-state index contributed by atoms with van der Waals surface area (Å²) >= 11 is 11.7. The van der Waals surface area contributed by atoms with Gasteiger partial charge in [0.1, 0.15) is 11.5 Å². The number of benzene rings is 3. The molecule has 34 heavy (non-hydrogen) atoms. The number of halogens is 2. The van der Waals surface area contributed by atoms with E-state index in [1.165, 1.54) is 24.4 Å². The number of amides is 2. The smallest absolute Gasteiger partial charge is 0.343 e. The maximum atomic E-state index is 12.3. The lowest BCUT2D eigenvalue weighted by Crippen LogP contribution is -2.32. The summed E-state index contributed by atoms with van der Waals surface area (Å²) in [5, 5.41) is 6.70. The van der Waals surface area contributed by atoms with Gasteiger partial charge in [0.25, 0.3) is 0 Å². The van der Waals surface area contributed by atoms with Gasteiger partial charge < -0.3 is 14.8 Å². The predicted molar refractivity (Wildman–Crippen MR) is 130 cm³/mol. The normalized spacial score (nSPS) is 10.6. The monoisotopic (exact) mass is 499 g/mol. The number of anilines is 1. The van der Waals surface area contributed by atoms with Crippen molar-refractivity contribution in [2.45, 2.75) is 6.92 Å². The van der Waals surface area contributed by atoms with Crippen molar-refractivity contribution in [2.75, 3.05) is 11.9 Å². The number of nitrogens with zero attached hydrogens (tertiary/aromatic N) is 1. The maximum absolute atomic E-state index is 12.3. The summed E-state index contributed by atoms with van der Waals surface area (Å²) in [6.45, 7) is 2.41. The fourth-order valence-electron chi connectivity index (χ4n) is 2.62. The van der Waals surface area contributed by atoms with Crippen LogP contribution in [0.5, 0.6) is 11.5 Å². The van der Waals surface area contributed by atoms with Crippen LogP contribution in [-0.4, -0.2) is 30.6 Å². The van der Waals surface area contributed by atoms with Gasteiger partial charge in [-0.1, -0.05) is 23.2 Å². The quantitative estimate of drug-likeness (QED) is 0.161. The fourth-order valence-corrected chi connectivity index (χ4v) is 2.92. The van der Waals surface area contributed by atoms with Gasteiger partial charge in [0, 0.05) is 5.69 Å². The Balaban J connectivity index is 1.50. The zero-order valence-corrected chi connectivity index (χ0v) is 19.4. The molecule has 0 unspecified atom stereocenters. The van der Waals surface area contributed by atoms with Crippen molar-refractivity contribution in [2.24, 2.45) is 5.10 Å². The minimum atomic E-state index is -0.969. The van der Waals surface area contributed by atoms with Crippen LogP contribution < -0.4 is 20.2 Å². The first-order chi connectivity index (χ1) is 16.4. The molecule has 0 fully saturated rings. The van der Waals surface area contributed by atoms with Gasteiger partial charge in [-0.25, -0.2) is 10.2 Å². The Bertz CT molecular complexity index is 1210. The van der Waals surface area contributed by atoms with Gasteiger partial charge in [-0.15, -0.1) is 0 Å². The van der Waals surface area contributed by atoms with E-state index in [4.69, 9.17) is 32.7 Å². The zero-order chi connectivity index (χ0) is 24.5. The summed E-state index contributed by atoms with van der Waals surface area (Å²) in [5.74, 6) is -1.40. The van der Waals surface area contributed by atoms with Gasteiger partial charge in [-0.05, 0) is 79.2 Å². The third kappa shape index (κ3) is 7.06. The van der Waals surface area contributed by atoms with Crippen molar-refractivity contribution >= 4 is 52.9 Å². The Morgan fingerprint density at radius 1 is 0.882 bits per heavy atom. The van der Waals surface area contributed by atoms with Crippen molar-refractivity contribution in [1.82, 2.24) is 5.43 Å². The van der Waals surface area contributed by atoms with Crippen LogP contribution in [-0.2, 0) is 9.59 Å². The van der Waals surface area contributed by atoms with Crippen LogP contribution in [0.15, 0.2) is 71.8 Å². The van der Waals surface area contributed by atoms with E-state index < -0.39 is 17.8 Å². The van der Waals surface area contributed by atoms with Gasteiger partial charge in [0.05, 0.1) is 28.4 Å². The minimum Gasteiger partial charge on any atom is -0.494 e. The van der Waals surface area contributed by atoms with Gasteiger partial charge in [-0.3, -0.25) is 9.59 Å². The van der Waals surface area contributed by atoms with Gasteiger partial charge in [0.15, 0.2) is 0 Å². The summed E-state index contributed by atoms with van der Waals surface area (Å²) in [5.41, 5.74) is 3.42. The fraction of sp³-hybridized carbons (Fsp3) is 0.0833. The molecule has 0 saturated heterocycles. The lowest BCUT2D eigenvalue weighted by atomic mass is 10.2. The van der Waals surface area contributed by atoms with Crippen LogP contribution in [0.1, 0.15) is 22.8 Å². The van der Waals surface area contributed by atoms with E-state index in [1.807, 2.05) is 6.92 Å². The largest absolute Gasteiger partial charge is 0.494 e. The highest BCUT2D eigenvalue weighted by molar-refractivity contribution is 6.43. The van der Waals surface area contributed by atoms with Gasteiger partial charge >= 0.3 is 17.8 Å². The SMILES string of the molecule is CCOc1ccc(C(=O)Oc2ccc(/C=N\NC(=O)C(=O)Nc3ccc(Cl)c(Cl)c3)cc2)cc1. The lowest BCUT2D eigenvalue weighted by Gasteiger charge is -2.06. The van der Waals surface area contributed by atoms with Crippen LogP contribution in [0, 0.1) is 0 Å². The van der Waals surface area contributed by atoms with Crippen molar-refractivity contribution < 1.29 is 23.9 Å². The molecule has 2 N–H and O–H groups in total. The molecule has 2 amide bonds. The molecule has 8 nitrogen and oxygen atoms in total. The molecule has 174 valence electrons. The summed E-state index contributed by atoms with van der Waals surface area (Å²) in [6, 6.07) is 17.5. The van der Waals surface area contributed by atoms with E-state index in [0.717, 1.165) is 0 Å². The topological polar surface area (TPSA) is 106 Å². The average Bonchev–Trinajstić information content (AvgIpc) is 2.83. The molecule has 3 rings (SSSR count). The van der Waals surface area contributed by atoms with E-state index in [-0.39, 0.29) is 5.02 Å². The predicted octanol–water partition coefficient (Wildman–Crippen LogP) is 4.70. The number of nitrogens with one attached hydrogen (secondary N) is 2. The van der Waals surface area contributed by atoms with E-state index in [0.29, 0.717) is 39.9 Å². The molecule has 0 aliphatic rings. The summed E-state index contributed by atoms with van der Waals surface area (Å²) in [6.07, 6.45) is 1.34. The number of carbonyl (C=O) groups is 3. The number of hydrazone groups is 1. The third-order valence-corrected chi connectivity index (χ3v) is 4.99. The second kappa shape index (κ2) is 11.8. The minimum absolute atomic E-state index is 0.242. The number of hydrogen-bond acceptors (Lipinski definition) is 6. The van der Waals surface area contributed by atoms with Crippen LogP contribution in [0.25, 0.3) is 0 Å². The van der Waals surface area contributed by atoms with Crippen LogP contribution in [0.4, 0.5) is 5.69 Å². The second-order valence-corrected chi connectivity index (χ2v) is 7.51. The van der Waals surface area contributed by atoms with Crippen molar-refractivity contribution in [1.29, 1.82) is 0 Å². The highest BCUT2D eigenvalue weighted by atomic mass is 35.5. The standard InChI is InChI=1S/C24H19Cl2N3O5/c1-2-33-18-10-5-16(6-11-18)24(32)34-19-8-3-15(4-9-19)14-27-29-23(31)22(30)28-17-7-12-20(25)21(26)13-17/h3-14H,2H2,1H3,(H,28,30)(H,29,31)/b27-14-. The van der Waals surface area contributed by atoms with Crippen molar-refractivity contribution in [3.63, 3.8) is 0 Å². The number of esters is 1. The molecular formula is C24H19Cl2N3O5. The number of ether oxygens (including phenoxy) is 2. The van der Waals surface area contributed by atoms with Gasteiger partial charge in [-0.2, -0.15) is 5.10 Å². The first kappa shape index (κ1) is 24.8. The first-order valence-corrected chi connectivity index (χ1v) is 10.8. The van der Waals surface area contributed by atoms with Crippen LogP contribution >= 0.6 is 23.2 Å². The molecule has 0 spiro atoms. The molecule has 0 saturated carbocycles. The number of carbonyl (C=O) groups excluding carboxylic acids is 3. The van der Waals surface area contributed by atoms with Gasteiger partial charge in [0.2, 0.25) is 0 Å². The molecule has 0 aliphatic heterocycles. The Morgan fingerprint density at radius 3 is 2.21 bits per heavy atom. The van der Waals surface area contributed by atoms with Crippen LogP contribution in [0.3, 0.4) is 0 Å². The molecule has 0 heterocycles.